The molecular weight excluding hydrogens is 318 g/mol. The molecule has 3 rings (SSSR count). The third kappa shape index (κ3) is 3.36. The molecule has 1 atom stereocenters. The largest absolute Gasteiger partial charge is 0.467 e. The number of hydrogen-bond acceptors (Lipinski definition) is 4. The van der Waals surface area contributed by atoms with Gasteiger partial charge in [0.2, 0.25) is 0 Å². The van der Waals surface area contributed by atoms with Gasteiger partial charge in [0.1, 0.15) is 12.6 Å². The molecule has 0 saturated heterocycles. The van der Waals surface area contributed by atoms with Crippen molar-refractivity contribution >= 4 is 12.1 Å². The SMILES string of the molecule is CC[C@H](NC(=O)OCC1c2ccccc2-c2ccccc21)C(=O)OC. The Balaban J connectivity index is 1.71. The first-order valence-electron chi connectivity index (χ1n) is 8.35. The van der Waals surface area contributed by atoms with Gasteiger partial charge in [0.25, 0.3) is 0 Å². The van der Waals surface area contributed by atoms with Crippen molar-refractivity contribution in [3.05, 3.63) is 59.7 Å². The Bertz CT molecular complexity index is 741. The first kappa shape index (κ1) is 17.0. The monoisotopic (exact) mass is 339 g/mol. The van der Waals surface area contributed by atoms with Crippen molar-refractivity contribution in [2.24, 2.45) is 0 Å². The van der Waals surface area contributed by atoms with Crippen molar-refractivity contribution in [2.45, 2.75) is 25.3 Å². The number of benzene rings is 2. The number of fused-ring (bicyclic) bond motifs is 3. The molecule has 1 amide bonds. The van der Waals surface area contributed by atoms with Crippen LogP contribution in [0.4, 0.5) is 4.79 Å². The lowest BCUT2D eigenvalue weighted by Crippen LogP contribution is -2.41. The van der Waals surface area contributed by atoms with Crippen LogP contribution in [0.2, 0.25) is 0 Å². The first-order chi connectivity index (χ1) is 12.2. The van der Waals surface area contributed by atoms with E-state index in [1.54, 1.807) is 6.92 Å². The summed E-state index contributed by atoms with van der Waals surface area (Å²) in [7, 11) is 1.30. The molecule has 0 spiro atoms. The minimum atomic E-state index is -0.694. The predicted molar refractivity (Wildman–Crippen MR) is 94.3 cm³/mol. The summed E-state index contributed by atoms with van der Waals surface area (Å²) in [6.45, 7) is 2.02. The van der Waals surface area contributed by atoms with E-state index in [9.17, 15) is 9.59 Å². The summed E-state index contributed by atoms with van der Waals surface area (Å²) in [5.41, 5.74) is 4.65. The molecule has 2 aromatic carbocycles. The van der Waals surface area contributed by atoms with Gasteiger partial charge < -0.3 is 14.8 Å². The minimum absolute atomic E-state index is 0.00338. The predicted octanol–water partition coefficient (Wildman–Crippen LogP) is 3.48. The summed E-state index contributed by atoms with van der Waals surface area (Å²) in [6.07, 6.45) is -0.171. The van der Waals surface area contributed by atoms with Gasteiger partial charge in [-0.3, -0.25) is 0 Å². The van der Waals surface area contributed by atoms with Gasteiger partial charge >= 0.3 is 12.1 Å². The van der Waals surface area contributed by atoms with Crippen LogP contribution < -0.4 is 5.32 Å². The number of esters is 1. The Labute approximate surface area is 147 Å². The smallest absolute Gasteiger partial charge is 0.407 e. The van der Waals surface area contributed by atoms with Crippen molar-refractivity contribution in [1.82, 2.24) is 5.32 Å². The van der Waals surface area contributed by atoms with Gasteiger partial charge in [-0.15, -0.1) is 0 Å². The zero-order chi connectivity index (χ0) is 17.8. The molecule has 0 unspecified atom stereocenters. The molecule has 1 N–H and O–H groups in total. The number of rotatable bonds is 5. The molecule has 0 saturated carbocycles. The van der Waals surface area contributed by atoms with Gasteiger partial charge in [-0.05, 0) is 28.7 Å². The number of ether oxygens (including phenoxy) is 2. The Morgan fingerprint density at radius 3 is 2.12 bits per heavy atom. The maximum Gasteiger partial charge on any atom is 0.407 e. The molecule has 0 aromatic heterocycles. The van der Waals surface area contributed by atoms with Crippen LogP contribution in [0.3, 0.4) is 0 Å². The summed E-state index contributed by atoms with van der Waals surface area (Å²) < 4.78 is 10.1. The molecule has 0 aliphatic heterocycles. The fourth-order valence-electron chi connectivity index (χ4n) is 3.25. The molecule has 5 nitrogen and oxygen atoms in total. The average Bonchev–Trinajstić information content (AvgIpc) is 2.98. The lowest BCUT2D eigenvalue weighted by Gasteiger charge is -2.17. The lowest BCUT2D eigenvalue weighted by atomic mass is 9.98. The van der Waals surface area contributed by atoms with E-state index in [-0.39, 0.29) is 12.5 Å². The fraction of sp³-hybridized carbons (Fsp3) is 0.300. The second-order valence-electron chi connectivity index (χ2n) is 5.95. The minimum Gasteiger partial charge on any atom is -0.467 e. The topological polar surface area (TPSA) is 64.6 Å². The Hall–Kier alpha value is -2.82. The zero-order valence-corrected chi connectivity index (χ0v) is 14.3. The number of hydrogen-bond donors (Lipinski definition) is 1. The number of alkyl carbamates (subject to hydrolysis) is 1. The van der Waals surface area contributed by atoms with Crippen LogP contribution in [-0.2, 0) is 14.3 Å². The summed E-state index contributed by atoms with van der Waals surface area (Å²) in [6, 6.07) is 15.6. The van der Waals surface area contributed by atoms with Gasteiger partial charge in [-0.2, -0.15) is 0 Å². The molecule has 1 aliphatic carbocycles. The number of carbonyl (C=O) groups is 2. The fourth-order valence-corrected chi connectivity index (χ4v) is 3.25. The highest BCUT2D eigenvalue weighted by atomic mass is 16.6. The van der Waals surface area contributed by atoms with Crippen molar-refractivity contribution in [2.75, 3.05) is 13.7 Å². The van der Waals surface area contributed by atoms with Crippen molar-refractivity contribution < 1.29 is 19.1 Å². The molecule has 25 heavy (non-hydrogen) atoms. The Morgan fingerprint density at radius 2 is 1.60 bits per heavy atom. The highest BCUT2D eigenvalue weighted by molar-refractivity contribution is 5.81. The summed E-state index contributed by atoms with van der Waals surface area (Å²) >= 11 is 0. The molecule has 0 heterocycles. The standard InChI is InChI=1S/C20H21NO4/c1-3-18(19(22)24-2)21-20(23)25-12-17-15-10-6-4-8-13(15)14-9-5-7-11-16(14)17/h4-11,17-18H,3,12H2,1-2H3,(H,21,23)/t18-/m0/s1. The van der Waals surface area contributed by atoms with Gasteiger partial charge in [0.05, 0.1) is 7.11 Å². The van der Waals surface area contributed by atoms with Crippen LogP contribution in [0.5, 0.6) is 0 Å². The van der Waals surface area contributed by atoms with E-state index in [4.69, 9.17) is 4.74 Å². The second-order valence-corrected chi connectivity index (χ2v) is 5.95. The quantitative estimate of drug-likeness (QED) is 0.847. The van der Waals surface area contributed by atoms with E-state index < -0.39 is 18.1 Å². The van der Waals surface area contributed by atoms with Crippen LogP contribution >= 0.6 is 0 Å². The van der Waals surface area contributed by atoms with Crippen LogP contribution in [-0.4, -0.2) is 31.8 Å². The number of nitrogens with one attached hydrogen (secondary N) is 1. The van der Waals surface area contributed by atoms with Crippen molar-refractivity contribution in [3.8, 4) is 11.1 Å². The van der Waals surface area contributed by atoms with Gasteiger partial charge in [0.15, 0.2) is 0 Å². The van der Waals surface area contributed by atoms with Crippen LogP contribution in [0.15, 0.2) is 48.5 Å². The molecule has 0 bridgehead atoms. The Kier molecular flexibility index (Phi) is 5.03. The second kappa shape index (κ2) is 7.38. The zero-order valence-electron chi connectivity index (χ0n) is 14.3. The van der Waals surface area contributed by atoms with E-state index in [2.05, 4.69) is 34.3 Å². The van der Waals surface area contributed by atoms with Crippen molar-refractivity contribution in [3.63, 3.8) is 0 Å². The molecule has 0 radical (unpaired) electrons. The normalized spacial score (nSPS) is 13.5. The average molecular weight is 339 g/mol. The van der Waals surface area contributed by atoms with Gasteiger partial charge in [-0.1, -0.05) is 55.5 Å². The molecule has 1 aliphatic rings. The van der Waals surface area contributed by atoms with E-state index in [0.717, 1.165) is 11.1 Å². The molecule has 5 heteroatoms. The third-order valence-electron chi connectivity index (χ3n) is 4.53. The highest BCUT2D eigenvalue weighted by Crippen LogP contribution is 2.44. The summed E-state index contributed by atoms with van der Waals surface area (Å²) in [5, 5.41) is 2.55. The number of amides is 1. The highest BCUT2D eigenvalue weighted by Gasteiger charge is 2.29. The van der Waals surface area contributed by atoms with Gasteiger partial charge in [-0.25, -0.2) is 9.59 Å². The molecule has 0 fully saturated rings. The van der Waals surface area contributed by atoms with Gasteiger partial charge in [0, 0.05) is 5.92 Å². The van der Waals surface area contributed by atoms with Crippen LogP contribution in [0.1, 0.15) is 30.4 Å². The van der Waals surface area contributed by atoms with E-state index >= 15 is 0 Å². The number of carbonyl (C=O) groups excluding carboxylic acids is 2. The maximum absolute atomic E-state index is 12.1. The van der Waals surface area contributed by atoms with Crippen molar-refractivity contribution in [1.29, 1.82) is 0 Å². The molecule has 130 valence electrons. The van der Waals surface area contributed by atoms with E-state index in [1.807, 2.05) is 24.3 Å². The molecular formula is C20H21NO4. The third-order valence-corrected chi connectivity index (χ3v) is 4.53. The maximum atomic E-state index is 12.1. The van der Waals surface area contributed by atoms with Crippen LogP contribution in [0, 0.1) is 0 Å². The summed E-state index contributed by atoms with van der Waals surface area (Å²) in [4.78, 5) is 23.6. The van der Waals surface area contributed by atoms with E-state index in [0.29, 0.717) is 6.42 Å². The first-order valence-corrected chi connectivity index (χ1v) is 8.35. The number of methoxy groups -OCH3 is 1. The Morgan fingerprint density at radius 1 is 1.04 bits per heavy atom. The van der Waals surface area contributed by atoms with E-state index in [1.165, 1.54) is 18.2 Å². The lowest BCUT2D eigenvalue weighted by molar-refractivity contribution is -0.143. The van der Waals surface area contributed by atoms with Crippen LogP contribution in [0.25, 0.3) is 11.1 Å². The summed E-state index contributed by atoms with van der Waals surface area (Å²) in [5.74, 6) is -0.479. The molecule has 2 aromatic rings.